The molecule has 3 heteroatoms. The van der Waals surface area contributed by atoms with E-state index in [4.69, 9.17) is 0 Å². The molecule has 0 aliphatic rings. The first kappa shape index (κ1) is 12.7. The zero-order valence-corrected chi connectivity index (χ0v) is 11.0. The van der Waals surface area contributed by atoms with Crippen molar-refractivity contribution in [2.24, 2.45) is 5.92 Å². The lowest BCUT2D eigenvalue weighted by atomic mass is 10.0. The lowest BCUT2D eigenvalue weighted by Gasteiger charge is -2.20. The van der Waals surface area contributed by atoms with Gasteiger partial charge < -0.3 is 5.32 Å². The van der Waals surface area contributed by atoms with Gasteiger partial charge in [0.15, 0.2) is 0 Å². The van der Waals surface area contributed by atoms with Gasteiger partial charge in [-0.05, 0) is 32.7 Å². The number of hydrogen-bond donors (Lipinski definition) is 1. The molecule has 2 nitrogen and oxygen atoms in total. The molecule has 0 aliphatic carbocycles. The van der Waals surface area contributed by atoms with Gasteiger partial charge in [0.2, 0.25) is 0 Å². The third-order valence-corrected chi connectivity index (χ3v) is 3.72. The van der Waals surface area contributed by atoms with Gasteiger partial charge in [0.25, 0.3) is 0 Å². The maximum absolute atomic E-state index is 4.50. The minimum atomic E-state index is 0.578. The van der Waals surface area contributed by atoms with Crippen molar-refractivity contribution in [1.29, 1.82) is 0 Å². The lowest BCUT2D eigenvalue weighted by molar-refractivity contribution is 0.398. The van der Waals surface area contributed by atoms with E-state index in [0.717, 1.165) is 18.7 Å². The first-order valence-corrected chi connectivity index (χ1v) is 6.65. The van der Waals surface area contributed by atoms with E-state index in [-0.39, 0.29) is 0 Å². The summed E-state index contributed by atoms with van der Waals surface area (Å²) in [5.41, 5.74) is 1.15. The van der Waals surface area contributed by atoms with Crippen molar-refractivity contribution in [2.45, 2.75) is 46.6 Å². The van der Waals surface area contributed by atoms with E-state index in [1.54, 1.807) is 11.3 Å². The Morgan fingerprint density at radius 3 is 2.73 bits per heavy atom. The van der Waals surface area contributed by atoms with Crippen molar-refractivity contribution in [1.82, 2.24) is 10.3 Å². The third kappa shape index (κ3) is 4.31. The molecular formula is C12H22N2S. The minimum Gasteiger partial charge on any atom is -0.314 e. The fourth-order valence-corrected chi connectivity index (χ4v) is 2.44. The fraction of sp³-hybridized carbons (Fsp3) is 0.750. The Bertz CT molecular complexity index is 283. The van der Waals surface area contributed by atoms with Crippen LogP contribution < -0.4 is 5.32 Å². The van der Waals surface area contributed by atoms with Gasteiger partial charge >= 0.3 is 0 Å². The molecule has 86 valence electrons. The zero-order chi connectivity index (χ0) is 11.3. The molecule has 0 saturated carbocycles. The van der Waals surface area contributed by atoms with Crippen LogP contribution in [0.4, 0.5) is 0 Å². The van der Waals surface area contributed by atoms with Crippen molar-refractivity contribution in [3.8, 4) is 0 Å². The van der Waals surface area contributed by atoms with Crippen LogP contribution in [0, 0.1) is 12.8 Å². The standard InChI is InChI=1S/C12H22N2S/c1-5-6-13-11(4)9(2)7-12-14-10(3)8-15-12/h8-9,11,13H,5-7H2,1-4H3. The molecule has 1 N–H and O–H groups in total. The molecule has 0 aliphatic heterocycles. The molecule has 0 aromatic carbocycles. The number of nitrogens with one attached hydrogen (secondary N) is 1. The van der Waals surface area contributed by atoms with Crippen molar-refractivity contribution < 1.29 is 0 Å². The molecule has 1 aromatic rings. The maximum atomic E-state index is 4.50. The van der Waals surface area contributed by atoms with Gasteiger partial charge in [-0.15, -0.1) is 11.3 Å². The summed E-state index contributed by atoms with van der Waals surface area (Å²) in [6, 6.07) is 0.578. The largest absolute Gasteiger partial charge is 0.314 e. The molecule has 0 spiro atoms. The summed E-state index contributed by atoms with van der Waals surface area (Å²) < 4.78 is 0. The van der Waals surface area contributed by atoms with Gasteiger partial charge in [-0.2, -0.15) is 0 Å². The molecule has 0 saturated heterocycles. The molecule has 2 atom stereocenters. The van der Waals surface area contributed by atoms with Gasteiger partial charge in [0.05, 0.1) is 5.01 Å². The highest BCUT2D eigenvalue weighted by atomic mass is 32.1. The van der Waals surface area contributed by atoms with Crippen LogP contribution in [0.15, 0.2) is 5.38 Å². The number of thiazole rings is 1. The van der Waals surface area contributed by atoms with Crippen LogP contribution in [0.5, 0.6) is 0 Å². The molecule has 1 rings (SSSR count). The second-order valence-electron chi connectivity index (χ2n) is 4.31. The van der Waals surface area contributed by atoms with Gasteiger partial charge in [0.1, 0.15) is 0 Å². The molecule has 1 heterocycles. The summed E-state index contributed by atoms with van der Waals surface area (Å²) in [7, 11) is 0. The van der Waals surface area contributed by atoms with E-state index in [1.807, 2.05) is 0 Å². The molecule has 2 unspecified atom stereocenters. The van der Waals surface area contributed by atoms with Crippen LogP contribution in [0.3, 0.4) is 0 Å². The van der Waals surface area contributed by atoms with Crippen LogP contribution >= 0.6 is 11.3 Å². The Kier molecular flexibility index (Phi) is 5.26. The summed E-state index contributed by atoms with van der Waals surface area (Å²) in [4.78, 5) is 4.50. The fourth-order valence-electron chi connectivity index (χ4n) is 1.52. The normalized spacial score (nSPS) is 15.2. The summed E-state index contributed by atoms with van der Waals surface area (Å²) in [5, 5.41) is 6.94. The summed E-state index contributed by atoms with van der Waals surface area (Å²) in [5.74, 6) is 0.655. The number of aromatic nitrogens is 1. The molecule has 0 radical (unpaired) electrons. The number of hydrogen-bond acceptors (Lipinski definition) is 3. The second kappa shape index (κ2) is 6.23. The van der Waals surface area contributed by atoms with Gasteiger partial charge in [0, 0.05) is 23.5 Å². The third-order valence-electron chi connectivity index (χ3n) is 2.73. The highest BCUT2D eigenvalue weighted by Gasteiger charge is 2.13. The average molecular weight is 226 g/mol. The highest BCUT2D eigenvalue weighted by molar-refractivity contribution is 7.09. The molecule has 0 amide bonds. The first-order chi connectivity index (χ1) is 7.13. The first-order valence-electron chi connectivity index (χ1n) is 5.77. The van der Waals surface area contributed by atoms with E-state index >= 15 is 0 Å². The van der Waals surface area contributed by atoms with Crippen molar-refractivity contribution >= 4 is 11.3 Å². The average Bonchev–Trinajstić information content (AvgIpc) is 2.60. The SMILES string of the molecule is CCCNC(C)C(C)Cc1nc(C)cs1. The second-order valence-corrected chi connectivity index (χ2v) is 5.25. The van der Waals surface area contributed by atoms with Crippen LogP contribution in [0.2, 0.25) is 0 Å². The van der Waals surface area contributed by atoms with Crippen molar-refractivity contribution in [3.63, 3.8) is 0 Å². The number of aryl methyl sites for hydroxylation is 1. The Morgan fingerprint density at radius 2 is 2.20 bits per heavy atom. The lowest BCUT2D eigenvalue weighted by Crippen LogP contribution is -2.33. The quantitative estimate of drug-likeness (QED) is 0.806. The van der Waals surface area contributed by atoms with Gasteiger partial charge in [-0.25, -0.2) is 4.98 Å². The van der Waals surface area contributed by atoms with E-state index in [1.165, 1.54) is 11.4 Å². The van der Waals surface area contributed by atoms with Crippen LogP contribution in [0.1, 0.15) is 37.9 Å². The molecular weight excluding hydrogens is 204 g/mol. The Morgan fingerprint density at radius 1 is 1.47 bits per heavy atom. The van der Waals surface area contributed by atoms with Crippen molar-refractivity contribution in [2.75, 3.05) is 6.54 Å². The molecule has 0 bridgehead atoms. The maximum Gasteiger partial charge on any atom is 0.0931 e. The summed E-state index contributed by atoms with van der Waals surface area (Å²) in [6.07, 6.45) is 2.30. The van der Waals surface area contributed by atoms with E-state index < -0.39 is 0 Å². The van der Waals surface area contributed by atoms with E-state index in [9.17, 15) is 0 Å². The van der Waals surface area contributed by atoms with Crippen LogP contribution in [-0.4, -0.2) is 17.6 Å². The molecule has 15 heavy (non-hydrogen) atoms. The smallest absolute Gasteiger partial charge is 0.0931 e. The number of nitrogens with zero attached hydrogens (tertiary/aromatic N) is 1. The van der Waals surface area contributed by atoms with Crippen molar-refractivity contribution in [3.05, 3.63) is 16.1 Å². The Labute approximate surface area is 97.1 Å². The van der Waals surface area contributed by atoms with Crippen LogP contribution in [0.25, 0.3) is 0 Å². The summed E-state index contributed by atoms with van der Waals surface area (Å²) >= 11 is 1.78. The summed E-state index contributed by atoms with van der Waals surface area (Å²) in [6.45, 7) is 9.94. The predicted octanol–water partition coefficient (Wildman–Crippen LogP) is 3.02. The Balaban J connectivity index is 2.37. The van der Waals surface area contributed by atoms with Gasteiger partial charge in [-0.3, -0.25) is 0 Å². The predicted molar refractivity (Wildman–Crippen MR) is 67.5 cm³/mol. The number of rotatable bonds is 6. The molecule has 0 fully saturated rings. The zero-order valence-electron chi connectivity index (χ0n) is 10.2. The van der Waals surface area contributed by atoms with E-state index in [2.05, 4.69) is 43.4 Å². The monoisotopic (exact) mass is 226 g/mol. The Hall–Kier alpha value is -0.410. The topological polar surface area (TPSA) is 24.9 Å². The van der Waals surface area contributed by atoms with E-state index in [0.29, 0.717) is 12.0 Å². The van der Waals surface area contributed by atoms with Crippen LogP contribution in [-0.2, 0) is 6.42 Å². The van der Waals surface area contributed by atoms with Gasteiger partial charge in [-0.1, -0.05) is 13.8 Å². The minimum absolute atomic E-state index is 0.578. The molecule has 1 aromatic heterocycles. The highest BCUT2D eigenvalue weighted by Crippen LogP contribution is 2.16.